The number of nitrogens with zero attached hydrogens (tertiary/aromatic N) is 2. The first-order valence-corrected chi connectivity index (χ1v) is 4.67. The van der Waals surface area contributed by atoms with E-state index < -0.39 is 12.8 Å². The Morgan fingerprint density at radius 1 is 1.35 bits per heavy atom. The molecular weight excluding hydrogens is 233 g/mol. The van der Waals surface area contributed by atoms with Crippen molar-refractivity contribution in [1.29, 1.82) is 0 Å². The Labute approximate surface area is 96.6 Å². The van der Waals surface area contributed by atoms with E-state index >= 15 is 0 Å². The molecule has 0 aliphatic heterocycles. The van der Waals surface area contributed by atoms with Gasteiger partial charge in [0.15, 0.2) is 0 Å². The van der Waals surface area contributed by atoms with Crippen LogP contribution in [0.15, 0.2) is 0 Å². The normalized spacial score (nSPS) is 9.82. The maximum absolute atomic E-state index is 12.3. The molecule has 17 heavy (non-hydrogen) atoms. The van der Waals surface area contributed by atoms with Gasteiger partial charge in [0, 0.05) is 6.42 Å². The first kappa shape index (κ1) is 12.9. The summed E-state index contributed by atoms with van der Waals surface area (Å²) in [6, 6.07) is 0. The maximum Gasteiger partial charge on any atom is 0.411 e. The molecule has 0 radical (unpaired) electrons. The van der Waals surface area contributed by atoms with E-state index in [1.807, 2.05) is 5.32 Å². The van der Waals surface area contributed by atoms with Crippen LogP contribution in [0.4, 0.5) is 15.1 Å². The smallest absolute Gasteiger partial charge is 0.411 e. The summed E-state index contributed by atoms with van der Waals surface area (Å²) in [5.41, 5.74) is 0.355. The van der Waals surface area contributed by atoms with Crippen molar-refractivity contribution >= 4 is 12.0 Å². The Hall–Kier alpha value is -2.12. The van der Waals surface area contributed by atoms with Crippen molar-refractivity contribution in [3.05, 3.63) is 5.56 Å². The number of carboxylic acid groups (broad SMARTS) is 1. The lowest BCUT2D eigenvalue weighted by atomic mass is 10.2. The van der Waals surface area contributed by atoms with Crippen LogP contribution >= 0.6 is 0 Å². The van der Waals surface area contributed by atoms with E-state index in [9.17, 15) is 9.18 Å². The van der Waals surface area contributed by atoms with Crippen molar-refractivity contribution in [2.45, 2.75) is 6.42 Å². The molecule has 0 saturated heterocycles. The molecule has 0 fully saturated rings. The lowest BCUT2D eigenvalue weighted by Crippen LogP contribution is -2.13. The summed E-state index contributed by atoms with van der Waals surface area (Å²) in [6.45, 7) is -0.623. The topological polar surface area (TPSA) is 93.6 Å². The van der Waals surface area contributed by atoms with Gasteiger partial charge < -0.3 is 14.6 Å². The molecule has 0 bridgehead atoms. The van der Waals surface area contributed by atoms with Crippen LogP contribution in [0.5, 0.6) is 11.8 Å². The molecule has 1 rings (SSSR count). The van der Waals surface area contributed by atoms with Gasteiger partial charge in [-0.3, -0.25) is 9.71 Å². The Bertz CT molecular complexity index is 388. The number of alkyl halides is 1. The summed E-state index contributed by atoms with van der Waals surface area (Å²) in [5, 5.41) is 10.5. The summed E-state index contributed by atoms with van der Waals surface area (Å²) < 4.78 is 22.2. The fourth-order valence-electron chi connectivity index (χ4n) is 1.24. The Morgan fingerprint density at radius 3 is 2.24 bits per heavy atom. The summed E-state index contributed by atoms with van der Waals surface area (Å²) in [7, 11) is 2.68. The SMILES string of the molecule is COc1nc(NC(=O)O)nc(OC)c1CCF. The molecule has 0 aromatic carbocycles. The third kappa shape index (κ3) is 3.16. The zero-order chi connectivity index (χ0) is 12.8. The largest absolute Gasteiger partial charge is 0.481 e. The van der Waals surface area contributed by atoms with Gasteiger partial charge in [0.25, 0.3) is 0 Å². The number of amides is 1. The number of ether oxygens (including phenoxy) is 2. The van der Waals surface area contributed by atoms with E-state index in [1.54, 1.807) is 0 Å². The van der Waals surface area contributed by atoms with Gasteiger partial charge in [0.1, 0.15) is 0 Å². The molecule has 0 saturated carbocycles. The molecular formula is C9H12FN3O4. The van der Waals surface area contributed by atoms with Crippen molar-refractivity contribution in [3.8, 4) is 11.8 Å². The highest BCUT2D eigenvalue weighted by molar-refractivity contribution is 5.80. The number of hydrogen-bond donors (Lipinski definition) is 2. The maximum atomic E-state index is 12.3. The number of carbonyl (C=O) groups is 1. The molecule has 0 aliphatic rings. The molecule has 94 valence electrons. The number of aromatic nitrogens is 2. The molecule has 0 unspecified atom stereocenters. The first-order chi connectivity index (χ1) is 8.12. The minimum Gasteiger partial charge on any atom is -0.481 e. The van der Waals surface area contributed by atoms with Gasteiger partial charge >= 0.3 is 6.09 Å². The monoisotopic (exact) mass is 245 g/mol. The zero-order valence-corrected chi connectivity index (χ0v) is 9.36. The second-order valence-corrected chi connectivity index (χ2v) is 2.91. The first-order valence-electron chi connectivity index (χ1n) is 4.67. The summed E-state index contributed by atoms with van der Waals surface area (Å²) in [6.07, 6.45) is -1.29. The lowest BCUT2D eigenvalue weighted by Gasteiger charge is -2.11. The van der Waals surface area contributed by atoms with Gasteiger partial charge in [-0.1, -0.05) is 0 Å². The van der Waals surface area contributed by atoms with Gasteiger partial charge in [-0.05, 0) is 0 Å². The quantitative estimate of drug-likeness (QED) is 0.806. The van der Waals surface area contributed by atoms with Crippen LogP contribution in [0.3, 0.4) is 0 Å². The van der Waals surface area contributed by atoms with Crippen LogP contribution in [0, 0.1) is 0 Å². The van der Waals surface area contributed by atoms with Crippen molar-refractivity contribution in [2.75, 3.05) is 26.2 Å². The van der Waals surface area contributed by atoms with Crippen molar-refractivity contribution < 1.29 is 23.8 Å². The van der Waals surface area contributed by atoms with Crippen LogP contribution in [-0.2, 0) is 6.42 Å². The van der Waals surface area contributed by atoms with Gasteiger partial charge in [-0.15, -0.1) is 0 Å². The van der Waals surface area contributed by atoms with Crippen LogP contribution in [0.25, 0.3) is 0 Å². The summed E-state index contributed by atoms with van der Waals surface area (Å²) in [4.78, 5) is 18.0. The highest BCUT2D eigenvalue weighted by Gasteiger charge is 2.16. The number of anilines is 1. The van der Waals surface area contributed by atoms with Crippen molar-refractivity contribution in [1.82, 2.24) is 9.97 Å². The van der Waals surface area contributed by atoms with Gasteiger partial charge in [0.2, 0.25) is 17.7 Å². The number of hydrogen-bond acceptors (Lipinski definition) is 5. The van der Waals surface area contributed by atoms with Crippen LogP contribution in [-0.4, -0.2) is 42.1 Å². The van der Waals surface area contributed by atoms with E-state index in [-0.39, 0.29) is 24.1 Å². The number of nitrogens with one attached hydrogen (secondary N) is 1. The van der Waals surface area contributed by atoms with E-state index in [0.29, 0.717) is 5.56 Å². The molecule has 1 heterocycles. The molecule has 1 aromatic heterocycles. The average molecular weight is 245 g/mol. The Balaban J connectivity index is 3.18. The van der Waals surface area contributed by atoms with E-state index in [0.717, 1.165) is 0 Å². The molecule has 7 nitrogen and oxygen atoms in total. The predicted octanol–water partition coefficient (Wildman–Crippen LogP) is 1.10. The number of methoxy groups -OCH3 is 2. The average Bonchev–Trinajstić information content (AvgIpc) is 2.30. The van der Waals surface area contributed by atoms with E-state index in [1.165, 1.54) is 14.2 Å². The van der Waals surface area contributed by atoms with Crippen LogP contribution in [0.2, 0.25) is 0 Å². The molecule has 0 aliphatic carbocycles. The standard InChI is InChI=1S/C9H12FN3O4/c1-16-6-5(3-4-10)7(17-2)12-8(11-6)13-9(14)15/h3-4H2,1-2H3,(H,14,15)(H,11,12,13). The predicted molar refractivity (Wildman–Crippen MR) is 56.5 cm³/mol. The van der Waals surface area contributed by atoms with Crippen LogP contribution < -0.4 is 14.8 Å². The third-order valence-electron chi connectivity index (χ3n) is 1.88. The van der Waals surface area contributed by atoms with Crippen molar-refractivity contribution in [3.63, 3.8) is 0 Å². The van der Waals surface area contributed by atoms with Gasteiger partial charge in [0.05, 0.1) is 26.5 Å². The minimum absolute atomic E-state index is 0.0275. The minimum atomic E-state index is -1.31. The molecule has 2 N–H and O–H groups in total. The van der Waals surface area contributed by atoms with E-state index in [2.05, 4.69) is 9.97 Å². The Kier molecular flexibility index (Phi) is 4.44. The third-order valence-corrected chi connectivity index (χ3v) is 1.88. The molecule has 1 aromatic rings. The van der Waals surface area contributed by atoms with Crippen molar-refractivity contribution in [2.24, 2.45) is 0 Å². The van der Waals surface area contributed by atoms with Gasteiger partial charge in [-0.2, -0.15) is 9.97 Å². The molecule has 8 heteroatoms. The Morgan fingerprint density at radius 2 is 1.88 bits per heavy atom. The number of halogens is 1. The molecule has 1 amide bonds. The summed E-state index contributed by atoms with van der Waals surface area (Å²) in [5.74, 6) is -0.0229. The lowest BCUT2D eigenvalue weighted by molar-refractivity contribution is 0.209. The molecule has 0 atom stereocenters. The highest BCUT2D eigenvalue weighted by Crippen LogP contribution is 2.26. The summed E-state index contributed by atoms with van der Waals surface area (Å²) >= 11 is 0. The second kappa shape index (κ2) is 5.83. The molecule has 0 spiro atoms. The van der Waals surface area contributed by atoms with Crippen LogP contribution in [0.1, 0.15) is 5.56 Å². The van der Waals surface area contributed by atoms with Gasteiger partial charge in [-0.25, -0.2) is 4.79 Å². The van der Waals surface area contributed by atoms with E-state index in [4.69, 9.17) is 14.6 Å². The second-order valence-electron chi connectivity index (χ2n) is 2.91. The highest BCUT2D eigenvalue weighted by atomic mass is 19.1. The fraction of sp³-hybridized carbons (Fsp3) is 0.444. The zero-order valence-electron chi connectivity index (χ0n) is 9.36. The number of rotatable bonds is 5. The fourth-order valence-corrected chi connectivity index (χ4v) is 1.24.